The summed E-state index contributed by atoms with van der Waals surface area (Å²) in [5, 5.41) is 13.9. The quantitative estimate of drug-likeness (QED) is 0.865. The molecule has 3 rings (SSSR count). The number of piperidine rings is 1. The Labute approximate surface area is 135 Å². The molecule has 1 saturated heterocycles. The number of hydrogen-bond donors (Lipinski definition) is 1. The molecular formula is C17H25N3OS. The summed E-state index contributed by atoms with van der Waals surface area (Å²) in [5.41, 5.74) is 2.01. The summed E-state index contributed by atoms with van der Waals surface area (Å²) in [5.74, 6) is 0. The molecular weight excluding hydrogens is 294 g/mol. The average Bonchev–Trinajstić information content (AvgIpc) is 3.04. The number of aliphatic hydroxyl groups excluding tert-OH is 1. The zero-order valence-corrected chi connectivity index (χ0v) is 14.0. The summed E-state index contributed by atoms with van der Waals surface area (Å²) in [6.07, 6.45) is 6.67. The topological polar surface area (TPSA) is 39.6 Å². The molecule has 2 aliphatic rings. The van der Waals surface area contributed by atoms with Crippen LogP contribution in [0.15, 0.2) is 29.8 Å². The predicted molar refractivity (Wildman–Crippen MR) is 93.6 cm³/mol. The Morgan fingerprint density at radius 1 is 1.50 bits per heavy atom. The van der Waals surface area contributed by atoms with E-state index in [1.807, 2.05) is 6.07 Å². The Morgan fingerprint density at radius 2 is 2.41 bits per heavy atom. The minimum Gasteiger partial charge on any atom is -0.390 e. The molecule has 2 aliphatic heterocycles. The van der Waals surface area contributed by atoms with Gasteiger partial charge in [-0.2, -0.15) is 0 Å². The molecule has 1 unspecified atom stereocenters. The maximum absolute atomic E-state index is 9.22. The van der Waals surface area contributed by atoms with Crippen LogP contribution in [0.4, 0.5) is 0 Å². The van der Waals surface area contributed by atoms with Gasteiger partial charge < -0.3 is 5.11 Å². The second-order valence-corrected chi connectivity index (χ2v) is 7.81. The van der Waals surface area contributed by atoms with Crippen LogP contribution in [0.5, 0.6) is 0 Å². The van der Waals surface area contributed by atoms with Gasteiger partial charge in [0, 0.05) is 31.9 Å². The van der Waals surface area contributed by atoms with Crippen molar-refractivity contribution in [3.05, 3.63) is 41.1 Å². The van der Waals surface area contributed by atoms with Crippen LogP contribution in [0, 0.1) is 0 Å². The Balaban J connectivity index is 1.63. The van der Waals surface area contributed by atoms with Crippen LogP contribution < -0.4 is 0 Å². The molecule has 1 aromatic rings. The molecule has 4 nitrogen and oxygen atoms in total. The Morgan fingerprint density at radius 3 is 3.23 bits per heavy atom. The van der Waals surface area contributed by atoms with Gasteiger partial charge in [0.2, 0.25) is 0 Å². The second kappa shape index (κ2) is 7.51. The molecule has 1 fully saturated rings. The van der Waals surface area contributed by atoms with E-state index in [2.05, 4.69) is 44.0 Å². The van der Waals surface area contributed by atoms with Gasteiger partial charge in [-0.05, 0) is 54.8 Å². The first-order valence-corrected chi connectivity index (χ1v) is 9.32. The SMILES string of the molecule is C/C=S1/C=CCN1[C@@H]1CCCN(Cc2ccnc(CO)c2)C1. The van der Waals surface area contributed by atoms with Crippen LogP contribution in [-0.2, 0) is 13.2 Å². The van der Waals surface area contributed by atoms with Crippen LogP contribution in [0.3, 0.4) is 0 Å². The third-order valence-corrected chi connectivity index (χ3v) is 6.31. The van der Waals surface area contributed by atoms with E-state index >= 15 is 0 Å². The number of hydrogen-bond acceptors (Lipinski definition) is 4. The Bertz CT molecular complexity index is 573. The van der Waals surface area contributed by atoms with Crippen molar-refractivity contribution >= 4 is 16.0 Å². The van der Waals surface area contributed by atoms with Crippen molar-refractivity contribution in [2.45, 2.75) is 39.0 Å². The smallest absolute Gasteiger partial charge is 0.0853 e. The van der Waals surface area contributed by atoms with Crippen LogP contribution in [0.25, 0.3) is 0 Å². The maximum atomic E-state index is 9.22. The molecule has 0 bridgehead atoms. The maximum Gasteiger partial charge on any atom is 0.0853 e. The van der Waals surface area contributed by atoms with Crippen molar-refractivity contribution in [2.75, 3.05) is 19.6 Å². The van der Waals surface area contributed by atoms with E-state index in [0.29, 0.717) is 6.04 Å². The van der Waals surface area contributed by atoms with Gasteiger partial charge in [0.15, 0.2) is 0 Å². The highest BCUT2D eigenvalue weighted by molar-refractivity contribution is 8.15. The largest absolute Gasteiger partial charge is 0.390 e. The summed E-state index contributed by atoms with van der Waals surface area (Å²) < 4.78 is 2.64. The summed E-state index contributed by atoms with van der Waals surface area (Å²) in [6, 6.07) is 4.73. The monoisotopic (exact) mass is 319 g/mol. The van der Waals surface area contributed by atoms with Crippen molar-refractivity contribution in [3.63, 3.8) is 0 Å². The van der Waals surface area contributed by atoms with Gasteiger partial charge in [-0.15, -0.1) is 0 Å². The second-order valence-electron chi connectivity index (χ2n) is 5.90. The highest BCUT2D eigenvalue weighted by Crippen LogP contribution is 2.32. The third-order valence-electron chi connectivity index (χ3n) is 4.37. The van der Waals surface area contributed by atoms with E-state index in [1.54, 1.807) is 6.20 Å². The lowest BCUT2D eigenvalue weighted by Gasteiger charge is -2.38. The minimum atomic E-state index is 0.0189. The highest BCUT2D eigenvalue weighted by Gasteiger charge is 2.27. The first-order valence-electron chi connectivity index (χ1n) is 8.02. The van der Waals surface area contributed by atoms with Gasteiger partial charge >= 0.3 is 0 Å². The Kier molecular flexibility index (Phi) is 5.41. The number of aromatic nitrogens is 1. The molecule has 22 heavy (non-hydrogen) atoms. The van der Waals surface area contributed by atoms with Crippen LogP contribution >= 0.6 is 10.7 Å². The van der Waals surface area contributed by atoms with E-state index in [0.717, 1.165) is 31.9 Å². The molecule has 5 heteroatoms. The van der Waals surface area contributed by atoms with E-state index in [1.165, 1.54) is 18.4 Å². The first-order chi connectivity index (χ1) is 10.8. The van der Waals surface area contributed by atoms with Crippen LogP contribution in [0.2, 0.25) is 0 Å². The van der Waals surface area contributed by atoms with E-state index < -0.39 is 0 Å². The van der Waals surface area contributed by atoms with Gasteiger partial charge in [0.1, 0.15) is 0 Å². The molecule has 0 saturated carbocycles. The summed E-state index contributed by atoms with van der Waals surface area (Å²) in [6.45, 7) is 6.53. The fourth-order valence-corrected chi connectivity index (χ4v) is 4.97. The normalized spacial score (nSPS) is 26.8. The number of pyridine rings is 1. The number of aliphatic hydroxyl groups is 1. The zero-order chi connectivity index (χ0) is 15.4. The van der Waals surface area contributed by atoms with Crippen molar-refractivity contribution in [2.24, 2.45) is 0 Å². The molecule has 0 aliphatic carbocycles. The summed E-state index contributed by atoms with van der Waals surface area (Å²) in [7, 11) is 0.222. The lowest BCUT2D eigenvalue weighted by molar-refractivity contribution is 0.154. The molecule has 0 amide bonds. The number of nitrogens with zero attached hydrogens (tertiary/aromatic N) is 3. The van der Waals surface area contributed by atoms with Gasteiger partial charge in [0.05, 0.1) is 12.3 Å². The molecule has 1 aromatic heterocycles. The van der Waals surface area contributed by atoms with Crippen LogP contribution in [0.1, 0.15) is 31.0 Å². The fraction of sp³-hybridized carbons (Fsp3) is 0.529. The summed E-state index contributed by atoms with van der Waals surface area (Å²) in [4.78, 5) is 6.70. The fourth-order valence-electron chi connectivity index (χ4n) is 3.33. The molecule has 3 heterocycles. The molecule has 0 spiro atoms. The van der Waals surface area contributed by atoms with Gasteiger partial charge in [-0.25, -0.2) is 4.31 Å². The molecule has 120 valence electrons. The Hall–Kier alpha value is -1.01. The van der Waals surface area contributed by atoms with Crippen molar-refractivity contribution in [1.29, 1.82) is 0 Å². The van der Waals surface area contributed by atoms with Crippen molar-refractivity contribution in [1.82, 2.24) is 14.2 Å². The number of rotatable bonds is 4. The lowest BCUT2D eigenvalue weighted by Crippen LogP contribution is -2.44. The predicted octanol–water partition coefficient (Wildman–Crippen LogP) is 2.37. The van der Waals surface area contributed by atoms with Gasteiger partial charge in [0.25, 0.3) is 0 Å². The standard InChI is InChI=1S/C17H25N3OS/c1-2-22-10-4-9-20(22)17-5-3-8-19(13-17)12-15-6-7-18-16(11-15)14-21/h2,4,6-7,10-11,17,21H,3,5,8-9,12-14H2,1H3/t17-,22?/m1/s1. The molecule has 0 aromatic carbocycles. The average molecular weight is 319 g/mol. The molecule has 1 N–H and O–H groups in total. The third kappa shape index (κ3) is 3.66. The number of likely N-dealkylation sites (tertiary alicyclic amines) is 1. The first kappa shape index (κ1) is 15.9. The minimum absolute atomic E-state index is 0.0189. The highest BCUT2D eigenvalue weighted by atomic mass is 32.2. The lowest BCUT2D eigenvalue weighted by atomic mass is 10.0. The van der Waals surface area contributed by atoms with Gasteiger partial charge in [-0.1, -0.05) is 16.7 Å². The van der Waals surface area contributed by atoms with Crippen molar-refractivity contribution in [3.8, 4) is 0 Å². The summed E-state index contributed by atoms with van der Waals surface area (Å²) >= 11 is 0. The van der Waals surface area contributed by atoms with Gasteiger partial charge in [-0.3, -0.25) is 9.88 Å². The zero-order valence-electron chi connectivity index (χ0n) is 13.2. The van der Waals surface area contributed by atoms with Crippen LogP contribution in [-0.4, -0.2) is 50.3 Å². The van der Waals surface area contributed by atoms with E-state index in [9.17, 15) is 5.11 Å². The molecule has 0 radical (unpaired) electrons. The molecule has 2 atom stereocenters. The van der Waals surface area contributed by atoms with Crippen molar-refractivity contribution < 1.29 is 5.11 Å². The van der Waals surface area contributed by atoms with E-state index in [-0.39, 0.29) is 17.3 Å². The van der Waals surface area contributed by atoms with E-state index in [4.69, 9.17) is 0 Å².